The summed E-state index contributed by atoms with van der Waals surface area (Å²) < 4.78 is 40.9. The minimum Gasteiger partial charge on any atom is -0.405 e. The Bertz CT molecular complexity index is 781. The molecule has 2 aromatic carbocycles. The number of aromatic nitrogens is 2. The molecule has 3 aromatic rings. The summed E-state index contributed by atoms with van der Waals surface area (Å²) in [5.74, 6) is 0.485. The summed E-state index contributed by atoms with van der Waals surface area (Å²) in [4.78, 5) is 7.62. The van der Waals surface area contributed by atoms with Crippen LogP contribution in [-0.2, 0) is 6.42 Å². The molecule has 22 heavy (non-hydrogen) atoms. The molecular weight excluding hydrogens is 361 g/mol. The van der Waals surface area contributed by atoms with Gasteiger partial charge in [0, 0.05) is 6.42 Å². The number of halogens is 4. The van der Waals surface area contributed by atoms with Crippen LogP contribution in [0.4, 0.5) is 13.2 Å². The van der Waals surface area contributed by atoms with E-state index in [2.05, 4.69) is 30.6 Å². The third-order valence-electron chi connectivity index (χ3n) is 3.03. The van der Waals surface area contributed by atoms with Gasteiger partial charge >= 0.3 is 6.36 Å². The highest BCUT2D eigenvalue weighted by Crippen LogP contribution is 2.31. The molecule has 0 amide bonds. The van der Waals surface area contributed by atoms with Gasteiger partial charge in [-0.2, -0.15) is 0 Å². The predicted molar refractivity (Wildman–Crippen MR) is 79.7 cm³/mol. The SMILES string of the molecule is FC(F)(F)Oc1ccc(Cc2nc3ccccc3[nH]2)cc1Br. The Balaban J connectivity index is 1.82. The number of imidazole rings is 1. The van der Waals surface area contributed by atoms with Gasteiger partial charge < -0.3 is 9.72 Å². The molecule has 0 bridgehead atoms. The monoisotopic (exact) mass is 370 g/mol. The maximum Gasteiger partial charge on any atom is 0.573 e. The second-order valence-electron chi connectivity index (χ2n) is 4.69. The van der Waals surface area contributed by atoms with E-state index in [1.165, 1.54) is 6.07 Å². The Hall–Kier alpha value is -2.02. The summed E-state index contributed by atoms with van der Waals surface area (Å²) in [6.45, 7) is 0. The van der Waals surface area contributed by atoms with Crippen molar-refractivity contribution in [2.24, 2.45) is 0 Å². The van der Waals surface area contributed by atoms with Crippen molar-refractivity contribution in [3.05, 3.63) is 58.3 Å². The van der Waals surface area contributed by atoms with Crippen molar-refractivity contribution in [2.45, 2.75) is 12.8 Å². The lowest BCUT2D eigenvalue weighted by Gasteiger charge is -2.11. The van der Waals surface area contributed by atoms with Gasteiger partial charge in [-0.25, -0.2) is 4.98 Å². The molecule has 1 N–H and O–H groups in total. The standard InChI is InChI=1S/C15H10BrF3N2O/c16-10-7-9(5-6-13(10)22-15(17,18)19)8-14-20-11-3-1-2-4-12(11)21-14/h1-7H,8H2,(H,20,21). The molecule has 0 spiro atoms. The van der Waals surface area contributed by atoms with E-state index in [0.717, 1.165) is 22.4 Å². The molecule has 0 unspecified atom stereocenters. The molecule has 0 atom stereocenters. The van der Waals surface area contributed by atoms with Crippen LogP contribution < -0.4 is 4.74 Å². The molecule has 0 saturated heterocycles. The summed E-state index contributed by atoms with van der Waals surface area (Å²) in [5.41, 5.74) is 2.60. The van der Waals surface area contributed by atoms with Crippen molar-refractivity contribution < 1.29 is 17.9 Å². The topological polar surface area (TPSA) is 37.9 Å². The molecule has 0 aliphatic heterocycles. The number of nitrogens with zero attached hydrogens (tertiary/aromatic N) is 1. The molecule has 0 radical (unpaired) electrons. The van der Waals surface area contributed by atoms with Gasteiger partial charge in [0.15, 0.2) is 0 Å². The van der Waals surface area contributed by atoms with Crippen LogP contribution in [0, 0.1) is 0 Å². The van der Waals surface area contributed by atoms with E-state index >= 15 is 0 Å². The van der Waals surface area contributed by atoms with Gasteiger partial charge in [0.05, 0.1) is 15.5 Å². The molecule has 7 heteroatoms. The number of H-pyrrole nitrogens is 1. The Morgan fingerprint density at radius 3 is 2.59 bits per heavy atom. The van der Waals surface area contributed by atoms with Gasteiger partial charge in [0.25, 0.3) is 0 Å². The van der Waals surface area contributed by atoms with Crippen LogP contribution in [0.1, 0.15) is 11.4 Å². The highest BCUT2D eigenvalue weighted by atomic mass is 79.9. The van der Waals surface area contributed by atoms with Crippen LogP contribution in [0.3, 0.4) is 0 Å². The van der Waals surface area contributed by atoms with Crippen LogP contribution in [-0.4, -0.2) is 16.3 Å². The number of hydrogen-bond donors (Lipinski definition) is 1. The second-order valence-corrected chi connectivity index (χ2v) is 5.54. The first kappa shape index (κ1) is 14.9. The van der Waals surface area contributed by atoms with E-state index in [0.29, 0.717) is 6.42 Å². The first-order valence-corrected chi connectivity index (χ1v) is 7.18. The molecular formula is C15H10BrF3N2O. The average molecular weight is 371 g/mol. The van der Waals surface area contributed by atoms with Gasteiger partial charge in [0.2, 0.25) is 0 Å². The van der Waals surface area contributed by atoms with E-state index in [9.17, 15) is 13.2 Å². The van der Waals surface area contributed by atoms with Crippen LogP contribution in [0.2, 0.25) is 0 Å². The Morgan fingerprint density at radius 1 is 1.14 bits per heavy atom. The van der Waals surface area contributed by atoms with Crippen LogP contribution >= 0.6 is 15.9 Å². The van der Waals surface area contributed by atoms with Crippen molar-refractivity contribution in [1.29, 1.82) is 0 Å². The number of para-hydroxylation sites is 2. The van der Waals surface area contributed by atoms with Gasteiger partial charge in [0.1, 0.15) is 11.6 Å². The summed E-state index contributed by atoms with van der Waals surface area (Å²) in [6, 6.07) is 12.1. The molecule has 0 aliphatic rings. The smallest absolute Gasteiger partial charge is 0.405 e. The lowest BCUT2D eigenvalue weighted by atomic mass is 10.1. The summed E-state index contributed by atoms with van der Waals surface area (Å²) >= 11 is 3.09. The van der Waals surface area contributed by atoms with Crippen molar-refractivity contribution >= 4 is 27.0 Å². The maximum atomic E-state index is 12.2. The molecule has 0 fully saturated rings. The van der Waals surface area contributed by atoms with Crippen LogP contribution in [0.15, 0.2) is 46.9 Å². The normalized spacial score (nSPS) is 11.8. The van der Waals surface area contributed by atoms with Gasteiger partial charge in [-0.05, 0) is 45.8 Å². The lowest BCUT2D eigenvalue weighted by molar-refractivity contribution is -0.274. The molecule has 0 aliphatic carbocycles. The van der Waals surface area contributed by atoms with Gasteiger partial charge in [-0.3, -0.25) is 0 Å². The lowest BCUT2D eigenvalue weighted by Crippen LogP contribution is -2.17. The molecule has 1 heterocycles. The first-order valence-electron chi connectivity index (χ1n) is 6.38. The molecule has 3 nitrogen and oxygen atoms in total. The fourth-order valence-corrected chi connectivity index (χ4v) is 2.65. The van der Waals surface area contributed by atoms with Gasteiger partial charge in [-0.15, -0.1) is 13.2 Å². The number of hydrogen-bond acceptors (Lipinski definition) is 2. The third kappa shape index (κ3) is 3.41. The summed E-state index contributed by atoms with van der Waals surface area (Å²) in [6.07, 6.45) is -4.22. The number of rotatable bonds is 3. The zero-order chi connectivity index (χ0) is 15.7. The first-order chi connectivity index (χ1) is 10.4. The Morgan fingerprint density at radius 2 is 1.91 bits per heavy atom. The fourth-order valence-electron chi connectivity index (χ4n) is 2.14. The molecule has 3 rings (SSSR count). The number of fused-ring (bicyclic) bond motifs is 1. The van der Waals surface area contributed by atoms with Crippen molar-refractivity contribution in [3.8, 4) is 5.75 Å². The summed E-state index contributed by atoms with van der Waals surface area (Å²) in [7, 11) is 0. The van der Waals surface area contributed by atoms with Crippen molar-refractivity contribution in [2.75, 3.05) is 0 Å². The van der Waals surface area contributed by atoms with E-state index in [1.807, 2.05) is 24.3 Å². The Kier molecular flexibility index (Phi) is 3.82. The van der Waals surface area contributed by atoms with Crippen LogP contribution in [0.5, 0.6) is 5.75 Å². The summed E-state index contributed by atoms with van der Waals surface area (Å²) in [5, 5.41) is 0. The molecule has 0 saturated carbocycles. The molecule has 1 aromatic heterocycles. The van der Waals surface area contributed by atoms with E-state index in [-0.39, 0.29) is 10.2 Å². The highest BCUT2D eigenvalue weighted by Gasteiger charge is 2.31. The number of ether oxygens (including phenoxy) is 1. The van der Waals surface area contributed by atoms with Crippen molar-refractivity contribution in [3.63, 3.8) is 0 Å². The largest absolute Gasteiger partial charge is 0.573 e. The average Bonchev–Trinajstić information content (AvgIpc) is 2.82. The number of alkyl halides is 3. The van der Waals surface area contributed by atoms with E-state index in [1.54, 1.807) is 12.1 Å². The molecule has 114 valence electrons. The zero-order valence-corrected chi connectivity index (χ0v) is 12.7. The van der Waals surface area contributed by atoms with E-state index in [4.69, 9.17) is 0 Å². The minimum absolute atomic E-state index is 0.249. The minimum atomic E-state index is -4.71. The number of nitrogens with one attached hydrogen (secondary N) is 1. The third-order valence-corrected chi connectivity index (χ3v) is 3.65. The fraction of sp³-hybridized carbons (Fsp3) is 0.133. The second kappa shape index (κ2) is 5.64. The Labute approximate surface area is 132 Å². The van der Waals surface area contributed by atoms with Crippen LogP contribution in [0.25, 0.3) is 11.0 Å². The zero-order valence-electron chi connectivity index (χ0n) is 11.1. The predicted octanol–water partition coefficient (Wildman–Crippen LogP) is 4.81. The van der Waals surface area contributed by atoms with Crippen molar-refractivity contribution in [1.82, 2.24) is 9.97 Å². The highest BCUT2D eigenvalue weighted by molar-refractivity contribution is 9.10. The number of benzene rings is 2. The number of aromatic amines is 1. The van der Waals surface area contributed by atoms with E-state index < -0.39 is 6.36 Å². The van der Waals surface area contributed by atoms with Gasteiger partial charge in [-0.1, -0.05) is 18.2 Å². The quantitative estimate of drug-likeness (QED) is 0.717. The maximum absolute atomic E-state index is 12.2.